The van der Waals surface area contributed by atoms with E-state index in [1.54, 1.807) is 0 Å². The Morgan fingerprint density at radius 2 is 0.571 bits per heavy atom. The molecule has 2 unspecified atom stereocenters. The predicted octanol–water partition coefficient (Wildman–Crippen LogP) is 28.5. The van der Waals surface area contributed by atoms with Crippen LogP contribution in [0, 0.1) is 5.92 Å². The lowest BCUT2D eigenvalue weighted by molar-refractivity contribution is 0.689. The molecule has 18 aromatic rings. The Hall–Kier alpha value is -14.6. The summed E-state index contributed by atoms with van der Waals surface area (Å²) in [5.41, 5.74) is 28.6. The average Bonchev–Trinajstić information content (AvgIpc) is 0.740. The van der Waals surface area contributed by atoms with Crippen molar-refractivity contribution in [2.24, 2.45) is 5.92 Å². The maximum atomic E-state index is 5.28. The molecule has 0 saturated heterocycles. The summed E-state index contributed by atoms with van der Waals surface area (Å²) < 4.78 is 0. The van der Waals surface area contributed by atoms with Crippen LogP contribution in [0.1, 0.15) is 33.7 Å². The summed E-state index contributed by atoms with van der Waals surface area (Å²) in [4.78, 5) is 20.9. The van der Waals surface area contributed by atoms with Crippen molar-refractivity contribution in [2.45, 2.75) is 5.92 Å². The molecule has 2 aromatic heterocycles. The number of rotatable bonds is 14. The molecule has 2 aliphatic rings. The highest BCUT2D eigenvalue weighted by atomic mass is 14.9. The van der Waals surface area contributed by atoms with Crippen LogP contribution in [0.2, 0.25) is 0 Å². The van der Waals surface area contributed by atoms with Gasteiger partial charge >= 0.3 is 0 Å². The number of hydrogen-bond acceptors (Lipinski definition) is 4. The van der Waals surface area contributed by atoms with E-state index < -0.39 is 0 Å². The standard InChI is InChI=1S/C56H40N2.C52H34N2/c1-3-44-45(4-2)55(50-29-16-15-28-49(50)54(44)40-20-9-6-10-21-40)42-23-17-24-43(34-42)56-57-52(38-18-7-5-8-19-38)36-53(58-56)39-32-30-37(31-33-39)51-35-41-22-11-12-25-46(41)47-26-13-14-27-48(47)51;1-3-16-37(17-4-1)48-34-49(38-31-29-36(30-32-38)43-28-14-20-35-15-7-8-23-42(35)43)54-52(53-48)41-22-13-21-40(33-41)51-46-26-11-9-24-44(46)50(39-18-5-2-6-19-39)45-25-10-12-27-47(45)51/h3-36,41,46H,1-2H2;1-34H. The first-order valence-electron chi connectivity index (χ1n) is 38.3. The van der Waals surface area contributed by atoms with Crippen LogP contribution in [-0.4, -0.2) is 19.9 Å². The van der Waals surface area contributed by atoms with E-state index in [1.165, 1.54) is 87.8 Å². The van der Waals surface area contributed by atoms with Gasteiger partial charge in [-0.3, -0.25) is 0 Å². The lowest BCUT2D eigenvalue weighted by Gasteiger charge is -2.31. The smallest absolute Gasteiger partial charge is 0.160 e. The molecule has 0 aliphatic heterocycles. The van der Waals surface area contributed by atoms with Crippen molar-refractivity contribution in [3.05, 3.63) is 441 Å². The summed E-state index contributed by atoms with van der Waals surface area (Å²) in [6, 6.07) is 131. The van der Waals surface area contributed by atoms with Crippen molar-refractivity contribution in [3.8, 4) is 123 Å². The van der Waals surface area contributed by atoms with Gasteiger partial charge in [-0.05, 0) is 156 Å². The predicted molar refractivity (Wildman–Crippen MR) is 472 cm³/mol. The van der Waals surface area contributed by atoms with E-state index in [0.717, 1.165) is 100 Å². The van der Waals surface area contributed by atoms with Crippen LogP contribution in [0.3, 0.4) is 0 Å². The summed E-state index contributed by atoms with van der Waals surface area (Å²) in [7, 11) is 0. The highest BCUT2D eigenvalue weighted by Gasteiger charge is 2.29. The highest BCUT2D eigenvalue weighted by molar-refractivity contribution is 6.21. The van der Waals surface area contributed by atoms with Crippen LogP contribution in [0.4, 0.5) is 0 Å². The molecule has 2 heterocycles. The molecule has 2 atom stereocenters. The lowest BCUT2D eigenvalue weighted by Crippen LogP contribution is -2.16. The molecule has 0 saturated carbocycles. The Labute approximate surface area is 653 Å². The van der Waals surface area contributed by atoms with E-state index in [1.807, 2.05) is 24.3 Å². The number of fused-ring (bicyclic) bond motifs is 7. The minimum Gasteiger partial charge on any atom is -0.228 e. The SMILES string of the molecule is C=Cc1c(C=C)c(-c2cccc(-c3nc(-c4ccccc4)cc(-c4ccc(C5=CC6C=CC=CC6c6ccccc65)cc4)n3)c2)c2ccccc2c1-c1ccccc1.c1ccc(-c2cc(-c3ccc(-c4cccc5ccccc45)cc3)nc(-c3cccc(-c4c5ccccc5c(-c5ccccc5)c5ccccc45)c3)n2)cc1. The third-order valence-corrected chi connectivity index (χ3v) is 22.1. The van der Waals surface area contributed by atoms with Gasteiger partial charge < -0.3 is 0 Å². The molecule has 4 heteroatoms. The molecular weight excluding hydrogens is 1350 g/mol. The Morgan fingerprint density at radius 1 is 0.241 bits per heavy atom. The number of nitrogens with zero attached hydrogens (tertiary/aromatic N) is 4. The summed E-state index contributed by atoms with van der Waals surface area (Å²) in [6.45, 7) is 8.61. The molecule has 2 aliphatic carbocycles. The molecule has 0 amide bonds. The third-order valence-electron chi connectivity index (χ3n) is 22.1. The van der Waals surface area contributed by atoms with Crippen molar-refractivity contribution in [3.63, 3.8) is 0 Å². The number of hydrogen-bond donors (Lipinski definition) is 0. The molecular formula is C108H74N4. The highest BCUT2D eigenvalue weighted by Crippen LogP contribution is 2.48. The van der Waals surface area contributed by atoms with Gasteiger partial charge in [-0.25, -0.2) is 19.9 Å². The van der Waals surface area contributed by atoms with Gasteiger partial charge in [0.05, 0.1) is 22.8 Å². The fourth-order valence-corrected chi connectivity index (χ4v) is 16.9. The first-order chi connectivity index (χ1) is 55.5. The topological polar surface area (TPSA) is 51.6 Å². The molecule has 112 heavy (non-hydrogen) atoms. The van der Waals surface area contributed by atoms with Crippen LogP contribution in [0.15, 0.2) is 414 Å². The monoisotopic (exact) mass is 1430 g/mol. The Balaban J connectivity index is 0.000000151. The lowest BCUT2D eigenvalue weighted by atomic mass is 9.73. The average molecular weight is 1430 g/mol. The van der Waals surface area contributed by atoms with Gasteiger partial charge in [0.2, 0.25) is 0 Å². The second kappa shape index (κ2) is 29.9. The maximum Gasteiger partial charge on any atom is 0.160 e. The maximum absolute atomic E-state index is 5.28. The van der Waals surface area contributed by atoms with Crippen LogP contribution in [0.25, 0.3) is 184 Å². The Kier molecular flexibility index (Phi) is 18.1. The van der Waals surface area contributed by atoms with Crippen molar-refractivity contribution in [1.29, 1.82) is 0 Å². The number of aromatic nitrogens is 4. The molecule has 0 spiro atoms. The fourth-order valence-electron chi connectivity index (χ4n) is 16.9. The van der Waals surface area contributed by atoms with E-state index in [-0.39, 0.29) is 0 Å². The van der Waals surface area contributed by atoms with Crippen molar-refractivity contribution in [1.82, 2.24) is 19.9 Å². The normalized spacial score (nSPS) is 13.4. The van der Waals surface area contributed by atoms with Crippen molar-refractivity contribution < 1.29 is 0 Å². The van der Waals surface area contributed by atoms with E-state index in [4.69, 9.17) is 19.9 Å². The van der Waals surface area contributed by atoms with Gasteiger partial charge in [0.15, 0.2) is 11.6 Å². The van der Waals surface area contributed by atoms with Gasteiger partial charge in [0.25, 0.3) is 0 Å². The largest absolute Gasteiger partial charge is 0.228 e. The number of benzene rings is 16. The molecule has 526 valence electrons. The molecule has 16 aromatic carbocycles. The molecule has 0 radical (unpaired) electrons. The van der Waals surface area contributed by atoms with Gasteiger partial charge in [-0.2, -0.15) is 0 Å². The summed E-state index contributed by atoms with van der Waals surface area (Å²) in [5, 5.41) is 9.72. The van der Waals surface area contributed by atoms with Gasteiger partial charge in [-0.15, -0.1) is 0 Å². The van der Waals surface area contributed by atoms with Crippen LogP contribution >= 0.6 is 0 Å². The van der Waals surface area contributed by atoms with Gasteiger partial charge in [-0.1, -0.05) is 401 Å². The fraction of sp³-hybridized carbons (Fsp3) is 0.0185. The van der Waals surface area contributed by atoms with Crippen LogP contribution in [0.5, 0.6) is 0 Å². The minimum atomic E-state index is 0.342. The molecule has 20 rings (SSSR count). The summed E-state index contributed by atoms with van der Waals surface area (Å²) in [5.74, 6) is 2.08. The zero-order chi connectivity index (χ0) is 74.9. The van der Waals surface area contributed by atoms with E-state index >= 15 is 0 Å². The van der Waals surface area contributed by atoms with Gasteiger partial charge in [0, 0.05) is 45.2 Å². The first-order valence-corrected chi connectivity index (χ1v) is 38.3. The molecule has 0 bridgehead atoms. The molecule has 4 nitrogen and oxygen atoms in total. The van der Waals surface area contributed by atoms with Crippen molar-refractivity contribution in [2.75, 3.05) is 0 Å². The zero-order valence-corrected chi connectivity index (χ0v) is 61.6. The Morgan fingerprint density at radius 3 is 1.07 bits per heavy atom. The van der Waals surface area contributed by atoms with E-state index in [2.05, 4.69) is 401 Å². The Bertz CT molecular complexity index is 6690. The molecule has 0 fully saturated rings. The van der Waals surface area contributed by atoms with E-state index in [9.17, 15) is 0 Å². The second-order valence-corrected chi connectivity index (χ2v) is 28.6. The van der Waals surface area contributed by atoms with E-state index in [0.29, 0.717) is 23.5 Å². The first kappa shape index (κ1) is 68.0. The third kappa shape index (κ3) is 12.8. The van der Waals surface area contributed by atoms with Crippen LogP contribution in [-0.2, 0) is 0 Å². The summed E-state index contributed by atoms with van der Waals surface area (Å²) >= 11 is 0. The van der Waals surface area contributed by atoms with Gasteiger partial charge in [0.1, 0.15) is 0 Å². The second-order valence-electron chi connectivity index (χ2n) is 28.6. The summed E-state index contributed by atoms with van der Waals surface area (Å²) in [6.07, 6.45) is 15.3. The quantitative estimate of drug-likeness (QED) is 0.102. The van der Waals surface area contributed by atoms with Crippen molar-refractivity contribution >= 4 is 60.8 Å². The number of allylic oxidation sites excluding steroid dienone is 5. The minimum absolute atomic E-state index is 0.342. The van der Waals surface area contributed by atoms with Crippen LogP contribution < -0.4 is 0 Å². The zero-order valence-electron chi connectivity index (χ0n) is 61.6. The molecule has 0 N–H and O–H groups in total.